The Balaban J connectivity index is 2.06. The highest BCUT2D eigenvalue weighted by atomic mass is 79.9. The fourth-order valence-electron chi connectivity index (χ4n) is 1.42. The highest BCUT2D eigenvalue weighted by molar-refractivity contribution is 9.10. The van der Waals surface area contributed by atoms with Gasteiger partial charge in [-0.05, 0) is 45.6 Å². The van der Waals surface area contributed by atoms with Crippen LogP contribution in [0.2, 0.25) is 0 Å². The predicted octanol–water partition coefficient (Wildman–Crippen LogP) is 3.16. The van der Waals surface area contributed by atoms with Gasteiger partial charge in [0.05, 0.1) is 12.1 Å². The molecule has 0 radical (unpaired) electrons. The second-order valence-corrected chi connectivity index (χ2v) is 5.47. The normalized spacial score (nSPS) is 10.3. The Kier molecular flexibility index (Phi) is 3.98. The molecule has 0 spiro atoms. The molecule has 3 nitrogen and oxygen atoms in total. The quantitative estimate of drug-likeness (QED) is 0.850. The molecule has 94 valence electrons. The van der Waals surface area contributed by atoms with Gasteiger partial charge in [0.1, 0.15) is 5.82 Å². The molecule has 1 heterocycles. The Hall–Kier alpha value is -1.40. The molecule has 0 fully saturated rings. The van der Waals surface area contributed by atoms with E-state index >= 15 is 0 Å². The van der Waals surface area contributed by atoms with Crippen molar-refractivity contribution in [2.24, 2.45) is 0 Å². The molecule has 1 aromatic heterocycles. The molecule has 0 aliphatic heterocycles. The fourth-order valence-corrected chi connectivity index (χ4v) is 2.85. The van der Waals surface area contributed by atoms with Crippen LogP contribution in [0.15, 0.2) is 34.1 Å². The monoisotopic (exact) mass is 328 g/mol. The van der Waals surface area contributed by atoms with E-state index in [4.69, 9.17) is 5.73 Å². The second kappa shape index (κ2) is 5.49. The number of carbonyl (C=O) groups is 1. The van der Waals surface area contributed by atoms with Crippen LogP contribution in [0.4, 0.5) is 10.1 Å². The lowest BCUT2D eigenvalue weighted by Gasteiger charge is -2.06. The molecule has 18 heavy (non-hydrogen) atoms. The fraction of sp³-hybridized carbons (Fsp3) is 0.0833. The van der Waals surface area contributed by atoms with Gasteiger partial charge in [0, 0.05) is 15.0 Å². The van der Waals surface area contributed by atoms with E-state index in [1.165, 1.54) is 23.5 Å². The maximum atomic E-state index is 13.5. The van der Waals surface area contributed by atoms with Crippen LogP contribution in [0.3, 0.4) is 0 Å². The van der Waals surface area contributed by atoms with Crippen LogP contribution in [0, 0.1) is 5.82 Å². The Morgan fingerprint density at radius 1 is 1.44 bits per heavy atom. The van der Waals surface area contributed by atoms with E-state index in [1.54, 1.807) is 0 Å². The zero-order chi connectivity index (χ0) is 13.1. The summed E-state index contributed by atoms with van der Waals surface area (Å²) in [4.78, 5) is 12.8. The van der Waals surface area contributed by atoms with Crippen molar-refractivity contribution in [1.82, 2.24) is 5.32 Å². The first-order chi connectivity index (χ1) is 8.58. The number of carbonyl (C=O) groups excluding carboxylic acids is 1. The lowest BCUT2D eigenvalue weighted by molar-refractivity contribution is 0.0947. The minimum absolute atomic E-state index is 0.00289. The molecule has 0 saturated heterocycles. The minimum atomic E-state index is -0.613. The van der Waals surface area contributed by atoms with Gasteiger partial charge in [0.2, 0.25) is 0 Å². The van der Waals surface area contributed by atoms with Crippen LogP contribution in [0.25, 0.3) is 0 Å². The highest BCUT2D eigenvalue weighted by Gasteiger charge is 2.12. The number of rotatable bonds is 3. The summed E-state index contributed by atoms with van der Waals surface area (Å²) in [6.45, 7) is 0.362. The van der Waals surface area contributed by atoms with Gasteiger partial charge in [-0.15, -0.1) is 11.3 Å². The van der Waals surface area contributed by atoms with Crippen LogP contribution >= 0.6 is 27.3 Å². The molecule has 1 amide bonds. The topological polar surface area (TPSA) is 55.1 Å². The molecule has 2 rings (SSSR count). The van der Waals surface area contributed by atoms with Gasteiger partial charge in [-0.25, -0.2) is 4.39 Å². The molecule has 0 saturated carbocycles. The van der Waals surface area contributed by atoms with E-state index < -0.39 is 11.7 Å². The Morgan fingerprint density at radius 3 is 2.83 bits per heavy atom. The Bertz CT molecular complexity index is 585. The highest BCUT2D eigenvalue weighted by Crippen LogP contribution is 2.22. The summed E-state index contributed by atoms with van der Waals surface area (Å²) in [6.07, 6.45) is 0. The average molecular weight is 329 g/mol. The summed E-state index contributed by atoms with van der Waals surface area (Å²) in [7, 11) is 0. The summed E-state index contributed by atoms with van der Waals surface area (Å²) in [5.41, 5.74) is 5.72. The summed E-state index contributed by atoms with van der Waals surface area (Å²) in [5.74, 6) is -1.06. The third-order valence-corrected chi connectivity index (χ3v) is 4.26. The van der Waals surface area contributed by atoms with E-state index in [1.807, 2.05) is 11.4 Å². The van der Waals surface area contributed by atoms with Gasteiger partial charge in [0.25, 0.3) is 5.91 Å². The summed E-state index contributed by atoms with van der Waals surface area (Å²) in [5, 5.41) is 4.58. The van der Waals surface area contributed by atoms with Crippen LogP contribution in [0.5, 0.6) is 0 Å². The third-order valence-electron chi connectivity index (χ3n) is 2.34. The lowest BCUT2D eigenvalue weighted by atomic mass is 10.2. The first kappa shape index (κ1) is 13.0. The second-order valence-electron chi connectivity index (χ2n) is 3.61. The summed E-state index contributed by atoms with van der Waals surface area (Å²) in [6, 6.07) is 5.91. The molecule has 0 aliphatic rings. The number of nitrogen functional groups attached to an aromatic ring is 1. The maximum Gasteiger partial charge on any atom is 0.254 e. The van der Waals surface area contributed by atoms with E-state index in [0.717, 1.165) is 15.4 Å². The van der Waals surface area contributed by atoms with Gasteiger partial charge in [0.15, 0.2) is 0 Å². The molecule has 0 atom stereocenters. The number of anilines is 1. The van der Waals surface area contributed by atoms with Gasteiger partial charge in [-0.3, -0.25) is 4.79 Å². The van der Waals surface area contributed by atoms with Crippen LogP contribution in [0.1, 0.15) is 15.2 Å². The van der Waals surface area contributed by atoms with Gasteiger partial charge >= 0.3 is 0 Å². The van der Waals surface area contributed by atoms with Gasteiger partial charge < -0.3 is 11.1 Å². The minimum Gasteiger partial charge on any atom is -0.399 e. The van der Waals surface area contributed by atoms with Crippen molar-refractivity contribution in [3.05, 3.63) is 50.4 Å². The van der Waals surface area contributed by atoms with E-state index in [0.29, 0.717) is 12.2 Å². The predicted molar refractivity (Wildman–Crippen MR) is 74.0 cm³/mol. The smallest absolute Gasteiger partial charge is 0.254 e. The number of halogens is 2. The van der Waals surface area contributed by atoms with Crippen molar-refractivity contribution >= 4 is 38.9 Å². The number of nitrogens with two attached hydrogens (primary N) is 1. The summed E-state index contributed by atoms with van der Waals surface area (Å²) >= 11 is 4.88. The van der Waals surface area contributed by atoms with E-state index in [9.17, 15) is 9.18 Å². The maximum absolute atomic E-state index is 13.5. The summed E-state index contributed by atoms with van der Waals surface area (Å²) < 4.78 is 14.4. The molecular formula is C12H10BrFN2OS. The Labute approximate surface area is 116 Å². The SMILES string of the molecule is Nc1ccc(C(=O)NCc2sccc2Br)c(F)c1. The molecule has 0 unspecified atom stereocenters. The van der Waals surface area contributed by atoms with Gasteiger partial charge in [-0.2, -0.15) is 0 Å². The first-order valence-corrected chi connectivity index (χ1v) is 6.80. The third kappa shape index (κ3) is 2.88. The molecule has 0 aliphatic carbocycles. The molecule has 2 aromatic rings. The van der Waals surface area contributed by atoms with Crippen molar-refractivity contribution in [2.45, 2.75) is 6.54 Å². The van der Waals surface area contributed by atoms with Crippen molar-refractivity contribution in [3.8, 4) is 0 Å². The van der Waals surface area contributed by atoms with Crippen LogP contribution in [-0.2, 0) is 6.54 Å². The van der Waals surface area contributed by atoms with E-state index in [-0.39, 0.29) is 5.56 Å². The number of hydrogen-bond acceptors (Lipinski definition) is 3. The molecule has 6 heteroatoms. The number of thiophene rings is 1. The van der Waals surface area contributed by atoms with Crippen molar-refractivity contribution < 1.29 is 9.18 Å². The van der Waals surface area contributed by atoms with E-state index in [2.05, 4.69) is 21.2 Å². The number of amides is 1. The standard InChI is InChI=1S/C12H10BrFN2OS/c13-9-3-4-18-11(9)6-16-12(17)8-2-1-7(15)5-10(8)14/h1-5H,6,15H2,(H,16,17). The number of benzene rings is 1. The van der Waals surface area contributed by atoms with Crippen molar-refractivity contribution in [1.29, 1.82) is 0 Å². The number of nitrogens with one attached hydrogen (secondary N) is 1. The largest absolute Gasteiger partial charge is 0.399 e. The van der Waals surface area contributed by atoms with Crippen LogP contribution < -0.4 is 11.1 Å². The van der Waals surface area contributed by atoms with Crippen molar-refractivity contribution in [2.75, 3.05) is 5.73 Å². The molecule has 0 bridgehead atoms. The molecule has 1 aromatic carbocycles. The number of hydrogen-bond donors (Lipinski definition) is 2. The zero-order valence-electron chi connectivity index (χ0n) is 9.24. The van der Waals surface area contributed by atoms with Crippen molar-refractivity contribution in [3.63, 3.8) is 0 Å². The average Bonchev–Trinajstić information content (AvgIpc) is 2.72. The lowest BCUT2D eigenvalue weighted by Crippen LogP contribution is -2.23. The Morgan fingerprint density at radius 2 is 2.22 bits per heavy atom. The first-order valence-electron chi connectivity index (χ1n) is 5.13. The van der Waals surface area contributed by atoms with Gasteiger partial charge in [-0.1, -0.05) is 0 Å². The zero-order valence-corrected chi connectivity index (χ0v) is 11.6. The molecule has 3 N–H and O–H groups in total. The van der Waals surface area contributed by atoms with Crippen LogP contribution in [-0.4, -0.2) is 5.91 Å². The molecular weight excluding hydrogens is 319 g/mol.